The molecular weight excluding hydrogens is 376 g/mol. The summed E-state index contributed by atoms with van der Waals surface area (Å²) in [5, 5.41) is 20.4. The van der Waals surface area contributed by atoms with Crippen LogP contribution in [0.1, 0.15) is 73.1 Å². The third-order valence-corrected chi connectivity index (χ3v) is 9.66. The van der Waals surface area contributed by atoms with Crippen molar-refractivity contribution >= 4 is 0 Å². The smallest absolute Gasteiger partial charge is 0.111 e. The van der Waals surface area contributed by atoms with Gasteiger partial charge in [-0.25, -0.2) is 0 Å². The Morgan fingerprint density at radius 2 is 1.97 bits per heavy atom. The number of allylic oxidation sites excluding steroid dienone is 3. The highest BCUT2D eigenvalue weighted by Crippen LogP contribution is 2.67. The molecule has 0 bridgehead atoms. The lowest BCUT2D eigenvalue weighted by Gasteiger charge is -2.54. The Hall–Kier alpha value is -0.680. The van der Waals surface area contributed by atoms with Crippen molar-refractivity contribution in [2.24, 2.45) is 28.6 Å². The minimum atomic E-state index is -0.664. The van der Waals surface area contributed by atoms with E-state index in [1.807, 2.05) is 13.8 Å². The summed E-state index contributed by atoms with van der Waals surface area (Å²) in [6, 6.07) is 0. The highest BCUT2D eigenvalue weighted by molar-refractivity contribution is 5.42. The quantitative estimate of drug-likeness (QED) is 0.652. The Balaban J connectivity index is 1.35. The summed E-state index contributed by atoms with van der Waals surface area (Å²) >= 11 is 0. The number of rotatable bonds is 5. The fourth-order valence-electron chi connectivity index (χ4n) is 7.81. The summed E-state index contributed by atoms with van der Waals surface area (Å²) < 4.78 is 12.3. The first-order valence-electron chi connectivity index (χ1n) is 12.1. The van der Waals surface area contributed by atoms with Crippen LogP contribution >= 0.6 is 0 Å². The summed E-state index contributed by atoms with van der Waals surface area (Å²) in [6.07, 6.45) is 11.3. The van der Waals surface area contributed by atoms with Gasteiger partial charge in [-0.05, 0) is 82.5 Å². The van der Waals surface area contributed by atoms with E-state index in [2.05, 4.69) is 32.9 Å². The molecule has 1 heterocycles. The van der Waals surface area contributed by atoms with Gasteiger partial charge in [-0.1, -0.05) is 37.1 Å². The van der Waals surface area contributed by atoms with Crippen LogP contribution in [0.5, 0.6) is 0 Å². The van der Waals surface area contributed by atoms with Gasteiger partial charge in [0.1, 0.15) is 6.10 Å². The largest absolute Gasteiger partial charge is 0.390 e. The molecule has 4 nitrogen and oxygen atoms in total. The fraction of sp³-hybridized carbons (Fsp3) is 0.846. The van der Waals surface area contributed by atoms with E-state index in [1.54, 1.807) is 5.57 Å². The second-order valence-corrected chi connectivity index (χ2v) is 11.9. The van der Waals surface area contributed by atoms with Crippen molar-refractivity contribution in [3.05, 3.63) is 23.3 Å². The van der Waals surface area contributed by atoms with Crippen LogP contribution < -0.4 is 0 Å². The van der Waals surface area contributed by atoms with E-state index in [9.17, 15) is 10.2 Å². The van der Waals surface area contributed by atoms with E-state index in [4.69, 9.17) is 9.47 Å². The molecule has 5 aliphatic rings. The molecule has 0 unspecified atom stereocenters. The standard InChI is InChI=1S/C26H40O4/c1-15(29-13-12-24(2,3)28)18-8-9-19-17-7-6-16-14-21(27)22-23(30-22)26(16,5)20(17)10-11-25(18,19)4/h6-7,15,18-23,27-28H,8-14H2,1-5H3/t15-,18+,19-,20-,21+,22-,23-,25+,26-/m0/s1. The maximum Gasteiger partial charge on any atom is 0.111 e. The number of aliphatic hydroxyl groups excluding tert-OH is 1. The lowest BCUT2D eigenvalue weighted by molar-refractivity contribution is -0.0511. The van der Waals surface area contributed by atoms with Crippen LogP contribution in [-0.4, -0.2) is 46.8 Å². The molecule has 5 rings (SSSR count). The van der Waals surface area contributed by atoms with Crippen LogP contribution in [0.2, 0.25) is 0 Å². The average Bonchev–Trinajstić information content (AvgIpc) is 3.39. The minimum absolute atomic E-state index is 0.0559. The number of epoxide rings is 1. The predicted octanol–water partition coefficient (Wildman–Crippen LogP) is 4.40. The Morgan fingerprint density at radius 1 is 1.20 bits per heavy atom. The Bertz CT molecular complexity index is 763. The summed E-state index contributed by atoms with van der Waals surface area (Å²) in [7, 11) is 0. The average molecular weight is 417 g/mol. The van der Waals surface area contributed by atoms with Crippen molar-refractivity contribution in [2.45, 2.75) is 103 Å². The monoisotopic (exact) mass is 416 g/mol. The van der Waals surface area contributed by atoms with Crippen LogP contribution in [-0.2, 0) is 9.47 Å². The zero-order chi connectivity index (χ0) is 21.5. The van der Waals surface area contributed by atoms with Crippen LogP contribution in [0, 0.1) is 28.6 Å². The summed E-state index contributed by atoms with van der Waals surface area (Å²) in [5.41, 5.74) is 2.75. The van der Waals surface area contributed by atoms with Crippen LogP contribution in [0.3, 0.4) is 0 Å². The minimum Gasteiger partial charge on any atom is -0.390 e. The van der Waals surface area contributed by atoms with Gasteiger partial charge in [0.25, 0.3) is 0 Å². The molecule has 0 spiro atoms. The third kappa shape index (κ3) is 3.09. The van der Waals surface area contributed by atoms with Crippen LogP contribution in [0.15, 0.2) is 23.3 Å². The number of fused-ring (bicyclic) bond motifs is 7. The maximum atomic E-state index is 10.4. The van der Waals surface area contributed by atoms with Gasteiger partial charge in [-0.2, -0.15) is 0 Å². The van der Waals surface area contributed by atoms with Crippen molar-refractivity contribution in [1.82, 2.24) is 0 Å². The Morgan fingerprint density at radius 3 is 2.70 bits per heavy atom. The van der Waals surface area contributed by atoms with Crippen LogP contribution in [0.25, 0.3) is 0 Å². The molecule has 30 heavy (non-hydrogen) atoms. The number of hydrogen-bond acceptors (Lipinski definition) is 4. The molecule has 0 aromatic rings. The fourth-order valence-corrected chi connectivity index (χ4v) is 7.81. The first-order valence-corrected chi connectivity index (χ1v) is 12.1. The second kappa shape index (κ2) is 6.91. The zero-order valence-electron chi connectivity index (χ0n) is 19.4. The lowest BCUT2D eigenvalue weighted by atomic mass is 9.50. The summed E-state index contributed by atoms with van der Waals surface area (Å²) in [4.78, 5) is 0. The third-order valence-electron chi connectivity index (χ3n) is 9.66. The SMILES string of the molecule is C[C@H](OCCC(C)(C)O)[C@H]1CC[C@H]2C3=CC=C4C[C@@H](O)[C@@H]5O[C@@H]5[C@]4(C)[C@H]3CC[C@]12C. The van der Waals surface area contributed by atoms with E-state index in [0.717, 1.165) is 6.42 Å². The molecular formula is C26H40O4. The molecule has 4 fully saturated rings. The summed E-state index contributed by atoms with van der Waals surface area (Å²) in [6.45, 7) is 11.5. The maximum absolute atomic E-state index is 10.4. The lowest BCUT2D eigenvalue weighted by Crippen LogP contribution is -2.50. The van der Waals surface area contributed by atoms with Gasteiger partial charge < -0.3 is 19.7 Å². The molecule has 0 radical (unpaired) electrons. The van der Waals surface area contributed by atoms with Crippen molar-refractivity contribution in [3.63, 3.8) is 0 Å². The molecule has 9 atom stereocenters. The normalized spacial score (nSPS) is 48.0. The zero-order valence-corrected chi connectivity index (χ0v) is 19.4. The molecule has 0 amide bonds. The first-order chi connectivity index (χ1) is 14.1. The van der Waals surface area contributed by atoms with Crippen molar-refractivity contribution in [3.8, 4) is 0 Å². The highest BCUT2D eigenvalue weighted by Gasteiger charge is 2.66. The predicted molar refractivity (Wildman–Crippen MR) is 117 cm³/mol. The Kier molecular flexibility index (Phi) is 4.88. The van der Waals surface area contributed by atoms with E-state index in [1.165, 1.54) is 31.3 Å². The number of hydrogen-bond donors (Lipinski definition) is 2. The molecule has 168 valence electrons. The Labute approximate surface area is 181 Å². The molecule has 0 aromatic carbocycles. The van der Waals surface area contributed by atoms with E-state index >= 15 is 0 Å². The van der Waals surface area contributed by atoms with E-state index < -0.39 is 5.60 Å². The van der Waals surface area contributed by atoms with Gasteiger partial charge in [-0.15, -0.1) is 0 Å². The van der Waals surface area contributed by atoms with Gasteiger partial charge in [0, 0.05) is 12.0 Å². The molecule has 1 saturated heterocycles. The number of aliphatic hydroxyl groups is 2. The molecule has 1 aliphatic heterocycles. The topological polar surface area (TPSA) is 62.2 Å². The highest BCUT2D eigenvalue weighted by atomic mass is 16.6. The van der Waals surface area contributed by atoms with Gasteiger partial charge in [-0.3, -0.25) is 0 Å². The molecule has 4 heteroatoms. The van der Waals surface area contributed by atoms with Crippen molar-refractivity contribution in [2.75, 3.05) is 6.61 Å². The van der Waals surface area contributed by atoms with Gasteiger partial charge in [0.2, 0.25) is 0 Å². The molecule has 4 aliphatic carbocycles. The van der Waals surface area contributed by atoms with Crippen molar-refractivity contribution in [1.29, 1.82) is 0 Å². The number of ether oxygens (including phenoxy) is 2. The molecule has 2 N–H and O–H groups in total. The summed E-state index contributed by atoms with van der Waals surface area (Å²) in [5.74, 6) is 1.76. The van der Waals surface area contributed by atoms with Gasteiger partial charge >= 0.3 is 0 Å². The molecule has 3 saturated carbocycles. The van der Waals surface area contributed by atoms with Gasteiger partial charge in [0.15, 0.2) is 0 Å². The first kappa shape index (κ1) is 21.2. The molecule has 0 aromatic heterocycles. The van der Waals surface area contributed by atoms with E-state index in [0.29, 0.717) is 30.8 Å². The second-order valence-electron chi connectivity index (χ2n) is 11.9. The van der Waals surface area contributed by atoms with Gasteiger partial charge in [0.05, 0.1) is 23.9 Å². The van der Waals surface area contributed by atoms with Crippen LogP contribution in [0.4, 0.5) is 0 Å². The van der Waals surface area contributed by atoms with Crippen molar-refractivity contribution < 1.29 is 19.7 Å². The van der Waals surface area contributed by atoms with E-state index in [-0.39, 0.29) is 35.2 Å².